The summed E-state index contributed by atoms with van der Waals surface area (Å²) in [6.07, 6.45) is 3.76. The Morgan fingerprint density at radius 3 is 2.81 bits per heavy atom. The molecule has 114 valence electrons. The maximum Gasteiger partial charge on any atom is 0.256 e. The first-order valence-electron chi connectivity index (χ1n) is 6.66. The van der Waals surface area contributed by atoms with E-state index in [-0.39, 0.29) is 36.8 Å². The van der Waals surface area contributed by atoms with Gasteiger partial charge in [0, 0.05) is 30.7 Å². The molecule has 3 rings (SSSR count). The van der Waals surface area contributed by atoms with Crippen LogP contribution in [0.25, 0.3) is 10.9 Å². The normalized spacial score (nSPS) is 17.2. The molecule has 1 aromatic heterocycles. The van der Waals surface area contributed by atoms with Gasteiger partial charge >= 0.3 is 0 Å². The number of pyridine rings is 1. The minimum Gasteiger partial charge on any atom is -0.334 e. The number of nitrogens with two attached hydrogens (primary N) is 1. The Morgan fingerprint density at radius 1 is 1.29 bits per heavy atom. The average Bonchev–Trinajstić information content (AvgIpc) is 2.94. The third-order valence-electron chi connectivity index (χ3n) is 3.77. The fourth-order valence-corrected chi connectivity index (χ4v) is 2.78. The van der Waals surface area contributed by atoms with Gasteiger partial charge in [-0.2, -0.15) is 0 Å². The SMILES string of the molecule is Cl.Cl.NCC1CCCN1C(=O)c1cccc2cccnc12. The lowest BCUT2D eigenvalue weighted by molar-refractivity contribution is 0.0743. The van der Waals surface area contributed by atoms with Crippen LogP contribution in [0.5, 0.6) is 0 Å². The van der Waals surface area contributed by atoms with Crippen molar-refractivity contribution >= 4 is 41.6 Å². The number of fused-ring (bicyclic) bond motifs is 1. The first-order valence-corrected chi connectivity index (χ1v) is 6.66. The van der Waals surface area contributed by atoms with E-state index in [0.717, 1.165) is 30.3 Å². The van der Waals surface area contributed by atoms with Crippen molar-refractivity contribution in [1.29, 1.82) is 0 Å². The second-order valence-electron chi connectivity index (χ2n) is 4.91. The van der Waals surface area contributed by atoms with E-state index in [1.165, 1.54) is 0 Å². The van der Waals surface area contributed by atoms with Gasteiger partial charge in [0.1, 0.15) is 0 Å². The van der Waals surface area contributed by atoms with E-state index in [1.54, 1.807) is 6.20 Å². The van der Waals surface area contributed by atoms with Crippen molar-refractivity contribution in [2.45, 2.75) is 18.9 Å². The second-order valence-corrected chi connectivity index (χ2v) is 4.91. The van der Waals surface area contributed by atoms with Crippen molar-refractivity contribution in [3.8, 4) is 0 Å². The molecule has 4 nitrogen and oxygen atoms in total. The number of halogens is 2. The van der Waals surface area contributed by atoms with E-state index in [1.807, 2.05) is 35.2 Å². The van der Waals surface area contributed by atoms with Crippen LogP contribution < -0.4 is 5.73 Å². The number of carbonyl (C=O) groups is 1. The van der Waals surface area contributed by atoms with Crippen LogP contribution in [0.15, 0.2) is 36.5 Å². The van der Waals surface area contributed by atoms with Crippen LogP contribution in [-0.2, 0) is 0 Å². The Bertz CT molecular complexity index is 615. The summed E-state index contributed by atoms with van der Waals surface area (Å²) in [6, 6.07) is 9.77. The van der Waals surface area contributed by atoms with E-state index in [4.69, 9.17) is 5.73 Å². The van der Waals surface area contributed by atoms with Crippen LogP contribution in [0, 0.1) is 0 Å². The number of carbonyl (C=O) groups excluding carboxylic acids is 1. The zero-order valence-corrected chi connectivity index (χ0v) is 13.2. The molecule has 1 amide bonds. The topological polar surface area (TPSA) is 59.2 Å². The first-order chi connectivity index (χ1) is 9.31. The molecule has 0 bridgehead atoms. The molecular formula is C15H19Cl2N3O. The fraction of sp³-hybridized carbons (Fsp3) is 0.333. The third kappa shape index (κ3) is 3.28. The summed E-state index contributed by atoms with van der Waals surface area (Å²) in [5.41, 5.74) is 7.20. The standard InChI is InChI=1S/C15H17N3O.2ClH/c16-10-12-6-3-9-18(12)15(19)13-7-1-4-11-5-2-8-17-14(11)13;;/h1-2,4-5,7-8,12H,3,6,9-10,16H2;2*1H. The highest BCUT2D eigenvalue weighted by molar-refractivity contribution is 6.05. The molecule has 0 aliphatic carbocycles. The maximum absolute atomic E-state index is 12.7. The molecule has 1 unspecified atom stereocenters. The van der Waals surface area contributed by atoms with Gasteiger partial charge in [0.15, 0.2) is 0 Å². The number of nitrogens with zero attached hydrogens (tertiary/aromatic N) is 2. The minimum absolute atomic E-state index is 0. The Balaban J connectivity index is 0.00000110. The van der Waals surface area contributed by atoms with Crippen LogP contribution >= 0.6 is 24.8 Å². The largest absolute Gasteiger partial charge is 0.334 e. The molecule has 1 saturated heterocycles. The molecule has 1 atom stereocenters. The van der Waals surface area contributed by atoms with Crippen LogP contribution in [0.2, 0.25) is 0 Å². The smallest absolute Gasteiger partial charge is 0.256 e. The summed E-state index contributed by atoms with van der Waals surface area (Å²) in [4.78, 5) is 18.9. The van der Waals surface area contributed by atoms with Gasteiger partial charge in [-0.15, -0.1) is 24.8 Å². The molecule has 2 heterocycles. The lowest BCUT2D eigenvalue weighted by atomic mass is 10.1. The van der Waals surface area contributed by atoms with Crippen molar-refractivity contribution in [1.82, 2.24) is 9.88 Å². The van der Waals surface area contributed by atoms with Crippen LogP contribution in [-0.4, -0.2) is 34.9 Å². The van der Waals surface area contributed by atoms with E-state index in [2.05, 4.69) is 4.98 Å². The molecule has 2 N–H and O–H groups in total. The minimum atomic E-state index is 0. The number of para-hydroxylation sites is 1. The Kier molecular flexibility index (Phi) is 6.40. The quantitative estimate of drug-likeness (QED) is 0.922. The molecule has 0 radical (unpaired) electrons. The van der Waals surface area contributed by atoms with Gasteiger partial charge in [-0.1, -0.05) is 18.2 Å². The number of hydrogen-bond donors (Lipinski definition) is 1. The lowest BCUT2D eigenvalue weighted by Gasteiger charge is -2.23. The predicted molar refractivity (Wildman–Crippen MR) is 89.4 cm³/mol. The first kappa shape index (κ1) is 17.7. The lowest BCUT2D eigenvalue weighted by Crippen LogP contribution is -2.40. The number of rotatable bonds is 2. The summed E-state index contributed by atoms with van der Waals surface area (Å²) < 4.78 is 0. The summed E-state index contributed by atoms with van der Waals surface area (Å²) in [6.45, 7) is 1.33. The van der Waals surface area contributed by atoms with Crippen molar-refractivity contribution in [2.24, 2.45) is 5.73 Å². The molecule has 21 heavy (non-hydrogen) atoms. The van der Waals surface area contributed by atoms with Gasteiger partial charge in [-0.05, 0) is 25.0 Å². The van der Waals surface area contributed by atoms with Crippen molar-refractivity contribution < 1.29 is 4.79 Å². The van der Waals surface area contributed by atoms with Crippen LogP contribution in [0.4, 0.5) is 0 Å². The summed E-state index contributed by atoms with van der Waals surface area (Å²) >= 11 is 0. The van der Waals surface area contributed by atoms with Gasteiger partial charge in [-0.25, -0.2) is 0 Å². The Morgan fingerprint density at radius 2 is 2.05 bits per heavy atom. The van der Waals surface area contributed by atoms with Crippen molar-refractivity contribution in [3.05, 3.63) is 42.1 Å². The molecule has 1 aromatic carbocycles. The van der Waals surface area contributed by atoms with Gasteiger partial charge in [0.05, 0.1) is 11.1 Å². The van der Waals surface area contributed by atoms with Gasteiger partial charge < -0.3 is 10.6 Å². The Labute approximate surface area is 136 Å². The highest BCUT2D eigenvalue weighted by Gasteiger charge is 2.29. The van der Waals surface area contributed by atoms with E-state index in [0.29, 0.717) is 12.1 Å². The van der Waals surface area contributed by atoms with Gasteiger partial charge in [0.2, 0.25) is 0 Å². The molecule has 1 aliphatic rings. The molecule has 0 spiro atoms. The van der Waals surface area contributed by atoms with E-state index < -0.39 is 0 Å². The number of amides is 1. The summed E-state index contributed by atoms with van der Waals surface area (Å²) in [5, 5.41) is 0.997. The van der Waals surface area contributed by atoms with Gasteiger partial charge in [-0.3, -0.25) is 9.78 Å². The molecule has 2 aromatic rings. The molecule has 6 heteroatoms. The molecule has 0 saturated carbocycles. The van der Waals surface area contributed by atoms with E-state index in [9.17, 15) is 4.79 Å². The van der Waals surface area contributed by atoms with Crippen molar-refractivity contribution in [3.63, 3.8) is 0 Å². The second kappa shape index (κ2) is 7.59. The van der Waals surface area contributed by atoms with Crippen LogP contribution in [0.1, 0.15) is 23.2 Å². The van der Waals surface area contributed by atoms with Gasteiger partial charge in [0.25, 0.3) is 5.91 Å². The summed E-state index contributed by atoms with van der Waals surface area (Å²) in [5.74, 6) is 0.0530. The average molecular weight is 328 g/mol. The monoisotopic (exact) mass is 327 g/mol. The molecule has 1 aliphatic heterocycles. The number of likely N-dealkylation sites (tertiary alicyclic amines) is 1. The molecular weight excluding hydrogens is 309 g/mol. The number of hydrogen-bond acceptors (Lipinski definition) is 3. The zero-order valence-electron chi connectivity index (χ0n) is 11.6. The van der Waals surface area contributed by atoms with Crippen molar-refractivity contribution in [2.75, 3.05) is 13.1 Å². The predicted octanol–water partition coefficient (Wildman–Crippen LogP) is 2.64. The highest BCUT2D eigenvalue weighted by Crippen LogP contribution is 2.23. The number of aromatic nitrogens is 1. The zero-order chi connectivity index (χ0) is 13.2. The third-order valence-corrected chi connectivity index (χ3v) is 3.77. The number of benzene rings is 1. The fourth-order valence-electron chi connectivity index (χ4n) is 2.78. The highest BCUT2D eigenvalue weighted by atomic mass is 35.5. The summed E-state index contributed by atoms with van der Waals surface area (Å²) in [7, 11) is 0. The Hall–Kier alpha value is -1.36. The van der Waals surface area contributed by atoms with E-state index >= 15 is 0 Å². The van der Waals surface area contributed by atoms with Crippen LogP contribution in [0.3, 0.4) is 0 Å². The molecule has 1 fully saturated rings. The maximum atomic E-state index is 12.7.